The number of methoxy groups -OCH3 is 1. The van der Waals surface area contributed by atoms with E-state index >= 15 is 0 Å². The van der Waals surface area contributed by atoms with Gasteiger partial charge >= 0.3 is 0 Å². The minimum Gasteiger partial charge on any atom is -0.495 e. The zero-order valence-corrected chi connectivity index (χ0v) is 14.1. The molecule has 20 heavy (non-hydrogen) atoms. The number of aliphatic hydroxyl groups excluding tert-OH is 1. The highest BCUT2D eigenvalue weighted by molar-refractivity contribution is 9.10. The van der Waals surface area contributed by atoms with Crippen LogP contribution in [0.1, 0.15) is 22.8 Å². The number of rotatable bonds is 3. The summed E-state index contributed by atoms with van der Waals surface area (Å²) in [6, 6.07) is 8.92. The molecule has 0 heterocycles. The maximum Gasteiger partial charge on any atom is 0.138 e. The molecule has 0 aliphatic heterocycles. The fourth-order valence-corrected chi connectivity index (χ4v) is 3.01. The zero-order chi connectivity index (χ0) is 14.9. The molecule has 0 bridgehead atoms. The second kappa shape index (κ2) is 6.35. The SMILES string of the molecule is COc1cc(Cl)c(C(O)c2ccc(Br)cc2C)cc1Cl. The summed E-state index contributed by atoms with van der Waals surface area (Å²) in [4.78, 5) is 0. The molecule has 0 aliphatic carbocycles. The average molecular weight is 376 g/mol. The quantitative estimate of drug-likeness (QED) is 0.803. The average Bonchev–Trinajstić information content (AvgIpc) is 2.40. The van der Waals surface area contributed by atoms with Crippen LogP contribution in [0.5, 0.6) is 5.75 Å². The lowest BCUT2D eigenvalue weighted by Crippen LogP contribution is -2.03. The van der Waals surface area contributed by atoms with Gasteiger partial charge in [0.05, 0.1) is 17.2 Å². The van der Waals surface area contributed by atoms with Gasteiger partial charge in [0.2, 0.25) is 0 Å². The molecule has 2 nitrogen and oxygen atoms in total. The summed E-state index contributed by atoms with van der Waals surface area (Å²) in [6.45, 7) is 1.93. The number of hydrogen-bond acceptors (Lipinski definition) is 2. The maximum atomic E-state index is 10.5. The molecular formula is C15H13BrCl2O2. The summed E-state index contributed by atoms with van der Waals surface area (Å²) in [5, 5.41) is 11.4. The molecule has 0 aliphatic rings. The zero-order valence-electron chi connectivity index (χ0n) is 11.0. The van der Waals surface area contributed by atoms with Crippen LogP contribution in [-0.4, -0.2) is 12.2 Å². The van der Waals surface area contributed by atoms with Gasteiger partial charge in [-0.1, -0.05) is 45.2 Å². The van der Waals surface area contributed by atoms with Crippen LogP contribution < -0.4 is 4.74 Å². The van der Waals surface area contributed by atoms with Gasteiger partial charge in [-0.3, -0.25) is 0 Å². The molecule has 106 valence electrons. The predicted molar refractivity (Wildman–Crippen MR) is 86.0 cm³/mol. The lowest BCUT2D eigenvalue weighted by molar-refractivity contribution is 0.219. The molecule has 2 rings (SSSR count). The molecule has 0 spiro atoms. The van der Waals surface area contributed by atoms with E-state index in [0.29, 0.717) is 21.4 Å². The Morgan fingerprint density at radius 1 is 1.10 bits per heavy atom. The van der Waals surface area contributed by atoms with E-state index < -0.39 is 6.10 Å². The summed E-state index contributed by atoms with van der Waals surface area (Å²) < 4.78 is 6.06. The van der Waals surface area contributed by atoms with Crippen molar-refractivity contribution in [2.45, 2.75) is 13.0 Å². The van der Waals surface area contributed by atoms with Crippen LogP contribution in [0.25, 0.3) is 0 Å². The van der Waals surface area contributed by atoms with Gasteiger partial charge in [-0.2, -0.15) is 0 Å². The van der Waals surface area contributed by atoms with Crippen LogP contribution in [0.4, 0.5) is 0 Å². The van der Waals surface area contributed by atoms with Gasteiger partial charge in [0.25, 0.3) is 0 Å². The first-order valence-corrected chi connectivity index (χ1v) is 7.46. The molecule has 0 radical (unpaired) electrons. The van der Waals surface area contributed by atoms with Crippen LogP contribution in [0.3, 0.4) is 0 Å². The van der Waals surface area contributed by atoms with Gasteiger partial charge in [0.15, 0.2) is 0 Å². The van der Waals surface area contributed by atoms with Crippen molar-refractivity contribution in [1.29, 1.82) is 0 Å². The molecule has 0 aromatic heterocycles. The standard InChI is InChI=1S/C15H13BrCl2O2/c1-8-5-9(16)3-4-10(8)15(19)11-6-13(18)14(20-2)7-12(11)17/h3-7,15,19H,1-2H3. The van der Waals surface area contributed by atoms with Gasteiger partial charge in [0.1, 0.15) is 11.9 Å². The van der Waals surface area contributed by atoms with E-state index in [4.69, 9.17) is 27.9 Å². The Morgan fingerprint density at radius 2 is 1.80 bits per heavy atom. The number of halogens is 3. The third-order valence-corrected chi connectivity index (χ3v) is 4.21. The van der Waals surface area contributed by atoms with Crippen LogP contribution in [-0.2, 0) is 0 Å². The first-order chi connectivity index (χ1) is 9.43. The van der Waals surface area contributed by atoms with E-state index in [1.54, 1.807) is 12.1 Å². The topological polar surface area (TPSA) is 29.5 Å². The van der Waals surface area contributed by atoms with Crippen molar-refractivity contribution in [3.05, 3.63) is 61.5 Å². The summed E-state index contributed by atoms with van der Waals surface area (Å²) >= 11 is 15.7. The smallest absolute Gasteiger partial charge is 0.138 e. The Balaban J connectivity index is 2.48. The molecule has 1 atom stereocenters. The lowest BCUT2D eigenvalue weighted by Gasteiger charge is -2.17. The molecule has 1 unspecified atom stereocenters. The monoisotopic (exact) mass is 374 g/mol. The first-order valence-electron chi connectivity index (χ1n) is 5.91. The van der Waals surface area contributed by atoms with E-state index in [0.717, 1.165) is 15.6 Å². The Bertz CT molecular complexity index is 644. The van der Waals surface area contributed by atoms with Crippen molar-refractivity contribution in [3.8, 4) is 5.75 Å². The third-order valence-electron chi connectivity index (χ3n) is 3.09. The van der Waals surface area contributed by atoms with Crippen LogP contribution >= 0.6 is 39.1 Å². The second-order valence-corrected chi connectivity index (χ2v) is 6.14. The number of aryl methyl sites for hydroxylation is 1. The van der Waals surface area contributed by atoms with E-state index in [-0.39, 0.29) is 0 Å². The highest BCUT2D eigenvalue weighted by Gasteiger charge is 2.18. The minimum atomic E-state index is -0.834. The molecule has 2 aromatic rings. The van der Waals surface area contributed by atoms with E-state index in [2.05, 4.69) is 15.9 Å². The summed E-state index contributed by atoms with van der Waals surface area (Å²) in [5.74, 6) is 0.486. The Kier molecular flexibility index (Phi) is 4.97. The van der Waals surface area contributed by atoms with Gasteiger partial charge in [-0.05, 0) is 36.2 Å². The van der Waals surface area contributed by atoms with Crippen molar-refractivity contribution in [1.82, 2.24) is 0 Å². The van der Waals surface area contributed by atoms with E-state index in [9.17, 15) is 5.11 Å². The van der Waals surface area contributed by atoms with E-state index in [1.807, 2.05) is 25.1 Å². The van der Waals surface area contributed by atoms with Crippen molar-refractivity contribution in [2.75, 3.05) is 7.11 Å². The molecular weight excluding hydrogens is 363 g/mol. The minimum absolute atomic E-state index is 0.417. The Labute approximate surface area is 136 Å². The Hall–Kier alpha value is -0.740. The third kappa shape index (κ3) is 3.12. The highest BCUT2D eigenvalue weighted by Crippen LogP contribution is 2.37. The van der Waals surface area contributed by atoms with Gasteiger partial charge in [0, 0.05) is 16.1 Å². The number of aliphatic hydroxyl groups is 1. The highest BCUT2D eigenvalue weighted by atomic mass is 79.9. The fraction of sp³-hybridized carbons (Fsp3) is 0.200. The lowest BCUT2D eigenvalue weighted by atomic mass is 9.97. The van der Waals surface area contributed by atoms with Crippen molar-refractivity contribution in [2.24, 2.45) is 0 Å². The van der Waals surface area contributed by atoms with Crippen LogP contribution in [0.15, 0.2) is 34.8 Å². The molecule has 5 heteroatoms. The van der Waals surface area contributed by atoms with Crippen molar-refractivity contribution >= 4 is 39.1 Å². The van der Waals surface area contributed by atoms with Crippen LogP contribution in [0.2, 0.25) is 10.0 Å². The normalized spacial score (nSPS) is 12.3. The molecule has 1 N–H and O–H groups in total. The molecule has 0 saturated carbocycles. The number of hydrogen-bond donors (Lipinski definition) is 1. The largest absolute Gasteiger partial charge is 0.495 e. The van der Waals surface area contributed by atoms with E-state index in [1.165, 1.54) is 7.11 Å². The van der Waals surface area contributed by atoms with Gasteiger partial charge in [-0.25, -0.2) is 0 Å². The summed E-state index contributed by atoms with van der Waals surface area (Å²) in [6.07, 6.45) is -0.834. The summed E-state index contributed by atoms with van der Waals surface area (Å²) in [7, 11) is 1.52. The molecule has 0 fully saturated rings. The number of benzene rings is 2. The molecule has 0 amide bonds. The van der Waals surface area contributed by atoms with Crippen molar-refractivity contribution in [3.63, 3.8) is 0 Å². The second-order valence-electron chi connectivity index (χ2n) is 4.41. The van der Waals surface area contributed by atoms with Gasteiger partial charge < -0.3 is 9.84 Å². The van der Waals surface area contributed by atoms with Gasteiger partial charge in [-0.15, -0.1) is 0 Å². The summed E-state index contributed by atoms with van der Waals surface area (Å²) in [5.41, 5.74) is 2.31. The molecule has 0 saturated heterocycles. The predicted octanol–water partition coefficient (Wildman–Crippen LogP) is 5.15. The van der Waals surface area contributed by atoms with Crippen molar-refractivity contribution < 1.29 is 9.84 Å². The Morgan fingerprint density at radius 3 is 2.40 bits per heavy atom. The fourth-order valence-electron chi connectivity index (χ4n) is 2.02. The number of ether oxygens (including phenoxy) is 1. The molecule has 2 aromatic carbocycles. The van der Waals surface area contributed by atoms with Crippen LogP contribution in [0, 0.1) is 6.92 Å². The first kappa shape index (κ1) is 15.6. The maximum absolute atomic E-state index is 10.5.